The topological polar surface area (TPSA) is 119 Å². The number of nitrogens with zero attached hydrogens (tertiary/aromatic N) is 3. The number of aromatic nitrogens is 2. The van der Waals surface area contributed by atoms with Crippen molar-refractivity contribution >= 4 is 34.6 Å². The Morgan fingerprint density at radius 3 is 1.96 bits per heavy atom. The molecule has 0 saturated carbocycles. The van der Waals surface area contributed by atoms with E-state index in [1.807, 2.05) is 48.5 Å². The molecule has 0 atom stereocenters. The van der Waals surface area contributed by atoms with Crippen LogP contribution in [0.5, 0.6) is 0 Å². The van der Waals surface area contributed by atoms with Crippen LogP contribution in [-0.2, 0) is 0 Å². The van der Waals surface area contributed by atoms with Crippen LogP contribution in [0, 0.1) is 10.1 Å². The third kappa shape index (κ3) is 3.38. The van der Waals surface area contributed by atoms with Crippen LogP contribution < -0.4 is 16.4 Å². The molecule has 0 aliphatic rings. The first-order chi connectivity index (χ1) is 11.6. The van der Waals surface area contributed by atoms with Gasteiger partial charge in [-0.3, -0.25) is 10.1 Å². The van der Waals surface area contributed by atoms with Gasteiger partial charge in [0, 0.05) is 11.4 Å². The van der Waals surface area contributed by atoms with Gasteiger partial charge in [-0.25, -0.2) is 0 Å². The Morgan fingerprint density at radius 1 is 0.875 bits per heavy atom. The maximum atomic E-state index is 11.3. The summed E-state index contributed by atoms with van der Waals surface area (Å²) in [6.45, 7) is 0. The van der Waals surface area contributed by atoms with Gasteiger partial charge < -0.3 is 16.4 Å². The zero-order valence-electron chi connectivity index (χ0n) is 12.5. The van der Waals surface area contributed by atoms with Crippen LogP contribution in [0.4, 0.5) is 34.6 Å². The van der Waals surface area contributed by atoms with Gasteiger partial charge in [-0.1, -0.05) is 36.4 Å². The summed E-state index contributed by atoms with van der Waals surface area (Å²) in [5.74, 6) is -0.0216. The van der Waals surface area contributed by atoms with Crippen molar-refractivity contribution in [2.24, 2.45) is 0 Å². The fraction of sp³-hybridized carbons (Fsp3) is 0. The summed E-state index contributed by atoms with van der Waals surface area (Å²) in [5, 5.41) is 17.2. The van der Waals surface area contributed by atoms with E-state index in [-0.39, 0.29) is 23.3 Å². The van der Waals surface area contributed by atoms with Crippen LogP contribution in [0.1, 0.15) is 0 Å². The monoisotopic (exact) mass is 322 g/mol. The highest BCUT2D eigenvalue weighted by atomic mass is 16.6. The molecule has 0 radical (unpaired) electrons. The third-order valence-electron chi connectivity index (χ3n) is 3.16. The van der Waals surface area contributed by atoms with Crippen molar-refractivity contribution in [1.82, 2.24) is 9.97 Å². The molecule has 8 nitrogen and oxygen atoms in total. The number of anilines is 5. The molecule has 120 valence electrons. The summed E-state index contributed by atoms with van der Waals surface area (Å²) in [6.07, 6.45) is 0. The Balaban J connectivity index is 1.99. The summed E-state index contributed by atoms with van der Waals surface area (Å²) in [5.41, 5.74) is 6.80. The molecule has 0 spiro atoms. The highest BCUT2D eigenvalue weighted by Crippen LogP contribution is 2.31. The molecule has 0 amide bonds. The van der Waals surface area contributed by atoms with Crippen LogP contribution in [-0.4, -0.2) is 14.9 Å². The van der Waals surface area contributed by atoms with E-state index in [4.69, 9.17) is 5.73 Å². The van der Waals surface area contributed by atoms with Gasteiger partial charge in [0.15, 0.2) is 0 Å². The van der Waals surface area contributed by atoms with Gasteiger partial charge in [0.1, 0.15) is 0 Å². The minimum absolute atomic E-state index is 0.0251. The zero-order valence-corrected chi connectivity index (χ0v) is 12.5. The van der Waals surface area contributed by atoms with Crippen molar-refractivity contribution in [2.45, 2.75) is 0 Å². The molecule has 0 fully saturated rings. The van der Waals surface area contributed by atoms with E-state index in [1.54, 1.807) is 12.1 Å². The average molecular weight is 322 g/mol. The van der Waals surface area contributed by atoms with Gasteiger partial charge in [0.05, 0.1) is 4.92 Å². The van der Waals surface area contributed by atoms with Gasteiger partial charge in [0.25, 0.3) is 0 Å². The van der Waals surface area contributed by atoms with Crippen LogP contribution >= 0.6 is 0 Å². The Morgan fingerprint density at radius 2 is 1.42 bits per heavy atom. The van der Waals surface area contributed by atoms with E-state index in [2.05, 4.69) is 20.6 Å². The first kappa shape index (κ1) is 15.2. The lowest BCUT2D eigenvalue weighted by molar-refractivity contribution is -0.383. The maximum absolute atomic E-state index is 11.3. The summed E-state index contributed by atoms with van der Waals surface area (Å²) >= 11 is 0. The lowest BCUT2D eigenvalue weighted by atomic mass is 10.3. The van der Waals surface area contributed by atoms with Crippen LogP contribution in [0.15, 0.2) is 60.7 Å². The molecule has 1 aromatic heterocycles. The number of para-hydroxylation sites is 2. The Kier molecular flexibility index (Phi) is 4.19. The molecule has 0 unspecified atom stereocenters. The van der Waals surface area contributed by atoms with E-state index in [9.17, 15) is 10.1 Å². The second-order valence-electron chi connectivity index (χ2n) is 4.87. The molecule has 0 bridgehead atoms. The van der Waals surface area contributed by atoms with Crippen molar-refractivity contribution in [3.05, 3.63) is 70.8 Å². The van der Waals surface area contributed by atoms with Crippen molar-refractivity contribution in [3.8, 4) is 0 Å². The molecule has 0 aliphatic heterocycles. The predicted molar refractivity (Wildman–Crippen MR) is 92.5 cm³/mol. The van der Waals surface area contributed by atoms with Crippen LogP contribution in [0.2, 0.25) is 0 Å². The summed E-state index contributed by atoms with van der Waals surface area (Å²) in [7, 11) is 0. The van der Waals surface area contributed by atoms with Crippen molar-refractivity contribution in [3.63, 3.8) is 0 Å². The third-order valence-corrected chi connectivity index (χ3v) is 3.16. The standard InChI is InChI=1S/C16H14N6O2/c17-14-13(22(23)24)15(18-11-7-3-1-4-8-11)21-16(20-14)19-12-9-5-2-6-10-12/h1-10H,(H4,17,18,19,20,21). The highest BCUT2D eigenvalue weighted by molar-refractivity contribution is 5.75. The minimum atomic E-state index is -0.604. The number of nitrogen functional groups attached to an aromatic ring is 1. The van der Waals surface area contributed by atoms with Crippen LogP contribution in [0.3, 0.4) is 0 Å². The zero-order chi connectivity index (χ0) is 16.9. The van der Waals surface area contributed by atoms with Gasteiger partial charge in [-0.15, -0.1) is 0 Å². The Hall–Kier alpha value is -3.68. The van der Waals surface area contributed by atoms with Gasteiger partial charge in [0.2, 0.25) is 17.6 Å². The molecule has 3 aromatic rings. The fourth-order valence-corrected chi connectivity index (χ4v) is 2.10. The molecular weight excluding hydrogens is 308 g/mol. The first-order valence-electron chi connectivity index (χ1n) is 7.09. The number of benzene rings is 2. The van der Waals surface area contributed by atoms with Gasteiger partial charge >= 0.3 is 5.69 Å². The van der Waals surface area contributed by atoms with E-state index in [1.165, 1.54) is 0 Å². The number of nitro groups is 1. The number of nitrogens with one attached hydrogen (secondary N) is 2. The van der Waals surface area contributed by atoms with Crippen molar-refractivity contribution in [1.29, 1.82) is 0 Å². The quantitative estimate of drug-likeness (QED) is 0.486. The number of rotatable bonds is 5. The molecule has 2 aromatic carbocycles. The largest absolute Gasteiger partial charge is 0.378 e. The van der Waals surface area contributed by atoms with Crippen molar-refractivity contribution in [2.75, 3.05) is 16.4 Å². The van der Waals surface area contributed by atoms with Gasteiger partial charge in [-0.05, 0) is 24.3 Å². The number of hydrogen-bond donors (Lipinski definition) is 3. The minimum Gasteiger partial charge on any atom is -0.378 e. The molecule has 0 saturated heterocycles. The lowest BCUT2D eigenvalue weighted by Crippen LogP contribution is -2.08. The Bertz CT molecular complexity index is 855. The average Bonchev–Trinajstić information content (AvgIpc) is 2.56. The molecule has 0 aliphatic carbocycles. The highest BCUT2D eigenvalue weighted by Gasteiger charge is 2.23. The van der Waals surface area contributed by atoms with E-state index >= 15 is 0 Å². The maximum Gasteiger partial charge on any atom is 0.353 e. The van der Waals surface area contributed by atoms with E-state index in [0.29, 0.717) is 5.69 Å². The molecule has 4 N–H and O–H groups in total. The summed E-state index contributed by atoms with van der Waals surface area (Å²) < 4.78 is 0. The van der Waals surface area contributed by atoms with E-state index < -0.39 is 4.92 Å². The molecule has 24 heavy (non-hydrogen) atoms. The number of hydrogen-bond acceptors (Lipinski definition) is 7. The molecule has 3 rings (SSSR count). The lowest BCUT2D eigenvalue weighted by Gasteiger charge is -2.10. The summed E-state index contributed by atoms with van der Waals surface area (Å²) in [4.78, 5) is 18.8. The SMILES string of the molecule is Nc1nc(Nc2ccccc2)nc(Nc2ccccc2)c1[N+](=O)[O-]. The first-order valence-corrected chi connectivity index (χ1v) is 7.09. The fourth-order valence-electron chi connectivity index (χ4n) is 2.10. The second kappa shape index (κ2) is 6.61. The summed E-state index contributed by atoms with van der Waals surface area (Å²) in [6, 6.07) is 18.2. The van der Waals surface area contributed by atoms with E-state index in [0.717, 1.165) is 5.69 Å². The normalized spacial score (nSPS) is 10.2. The number of nitrogens with two attached hydrogens (primary N) is 1. The van der Waals surface area contributed by atoms with Gasteiger partial charge in [-0.2, -0.15) is 9.97 Å². The second-order valence-corrected chi connectivity index (χ2v) is 4.87. The van der Waals surface area contributed by atoms with Crippen LogP contribution in [0.25, 0.3) is 0 Å². The smallest absolute Gasteiger partial charge is 0.353 e. The van der Waals surface area contributed by atoms with Crippen molar-refractivity contribution < 1.29 is 4.92 Å². The molecule has 1 heterocycles. The molecular formula is C16H14N6O2. The predicted octanol–water partition coefficient (Wildman–Crippen LogP) is 3.45. The molecule has 8 heteroatoms. The Labute approximate surface area is 137 Å².